The zero-order valence-corrected chi connectivity index (χ0v) is 12.9. The fraction of sp³-hybridized carbons (Fsp3) is 0.0833. The van der Waals surface area contributed by atoms with Gasteiger partial charge in [0.2, 0.25) is 0 Å². The Kier molecular flexibility index (Phi) is 4.98. The van der Waals surface area contributed by atoms with Gasteiger partial charge in [-0.05, 0) is 18.2 Å². The number of thiophene rings is 1. The molecule has 1 nitrogen and oxygen atoms in total. The third-order valence-corrected chi connectivity index (χ3v) is 5.16. The number of carbonyl (C=O) groups excluding carboxylic acids is 1. The topological polar surface area (TPSA) is 17.1 Å². The molecular weight excluding hydrogens is 331 g/mol. The van der Waals surface area contributed by atoms with E-state index in [1.807, 2.05) is 18.2 Å². The second-order valence-corrected chi connectivity index (χ2v) is 7.09. The fourth-order valence-corrected chi connectivity index (χ4v) is 3.93. The smallest absolute Gasteiger partial charge is 0.175 e. The van der Waals surface area contributed by atoms with E-state index in [0.717, 1.165) is 4.90 Å². The minimum absolute atomic E-state index is 0.0481. The SMILES string of the molecule is O=C(CSc1ccccc1Cl)c1cc(Cl)sc1Cl. The zero-order chi connectivity index (χ0) is 13.1. The van der Waals surface area contributed by atoms with Crippen LogP contribution in [0.4, 0.5) is 0 Å². The Morgan fingerprint density at radius 2 is 1.94 bits per heavy atom. The number of Topliss-reactive ketones (excluding diaryl/α,β-unsaturated/α-hetero) is 1. The monoisotopic (exact) mass is 336 g/mol. The molecule has 0 saturated carbocycles. The molecule has 0 fully saturated rings. The minimum atomic E-state index is -0.0481. The lowest BCUT2D eigenvalue weighted by Crippen LogP contribution is -2.01. The number of halogens is 3. The summed E-state index contributed by atoms with van der Waals surface area (Å²) in [5.74, 6) is 0.240. The van der Waals surface area contributed by atoms with Gasteiger partial charge in [-0.3, -0.25) is 4.79 Å². The first-order valence-corrected chi connectivity index (χ1v) is 7.87. The summed E-state index contributed by atoms with van der Waals surface area (Å²) in [6, 6.07) is 9.01. The lowest BCUT2D eigenvalue weighted by molar-refractivity contribution is 0.102. The molecule has 0 aliphatic heterocycles. The summed E-state index contributed by atoms with van der Waals surface area (Å²) in [5, 5.41) is 0.643. The molecule has 0 unspecified atom stereocenters. The quantitative estimate of drug-likeness (QED) is 0.527. The molecule has 0 bridgehead atoms. The molecule has 0 spiro atoms. The van der Waals surface area contributed by atoms with E-state index < -0.39 is 0 Å². The van der Waals surface area contributed by atoms with Crippen molar-refractivity contribution < 1.29 is 4.79 Å². The lowest BCUT2D eigenvalue weighted by atomic mass is 10.2. The van der Waals surface area contributed by atoms with Crippen molar-refractivity contribution in [3.8, 4) is 0 Å². The Morgan fingerprint density at radius 3 is 2.56 bits per heavy atom. The van der Waals surface area contributed by atoms with Crippen LogP contribution in [0.1, 0.15) is 10.4 Å². The highest BCUT2D eigenvalue weighted by atomic mass is 35.5. The van der Waals surface area contributed by atoms with Crippen LogP contribution in [0, 0.1) is 0 Å². The Balaban J connectivity index is 2.05. The standard InChI is InChI=1S/C12H7Cl3OS2/c13-8-3-1-2-4-10(8)17-6-9(16)7-5-11(14)18-12(7)15/h1-5H,6H2. The van der Waals surface area contributed by atoms with Gasteiger partial charge in [-0.1, -0.05) is 46.9 Å². The van der Waals surface area contributed by atoms with Gasteiger partial charge < -0.3 is 0 Å². The van der Waals surface area contributed by atoms with Gasteiger partial charge in [-0.25, -0.2) is 0 Å². The van der Waals surface area contributed by atoms with Crippen molar-refractivity contribution in [1.29, 1.82) is 0 Å². The first kappa shape index (κ1) is 14.2. The number of ketones is 1. The molecule has 2 rings (SSSR count). The molecule has 1 aromatic carbocycles. The highest BCUT2D eigenvalue weighted by molar-refractivity contribution is 8.00. The van der Waals surface area contributed by atoms with E-state index in [2.05, 4.69) is 0 Å². The van der Waals surface area contributed by atoms with Crippen LogP contribution in [-0.2, 0) is 0 Å². The van der Waals surface area contributed by atoms with Crippen LogP contribution in [0.2, 0.25) is 13.7 Å². The lowest BCUT2D eigenvalue weighted by Gasteiger charge is -2.02. The number of rotatable bonds is 4. The molecule has 0 aliphatic rings. The molecule has 0 atom stereocenters. The van der Waals surface area contributed by atoms with Crippen LogP contribution in [0.3, 0.4) is 0 Å². The predicted molar refractivity (Wildman–Crippen MR) is 80.8 cm³/mol. The van der Waals surface area contributed by atoms with Crippen molar-refractivity contribution in [3.63, 3.8) is 0 Å². The van der Waals surface area contributed by atoms with Crippen LogP contribution >= 0.6 is 57.9 Å². The van der Waals surface area contributed by atoms with Gasteiger partial charge in [0, 0.05) is 10.5 Å². The Bertz CT molecular complexity index is 580. The van der Waals surface area contributed by atoms with Crippen molar-refractivity contribution in [2.75, 3.05) is 5.75 Å². The third kappa shape index (κ3) is 3.43. The fourth-order valence-electron chi connectivity index (χ4n) is 1.31. The summed E-state index contributed by atoms with van der Waals surface area (Å²) in [6.07, 6.45) is 0. The second kappa shape index (κ2) is 6.31. The minimum Gasteiger partial charge on any atom is -0.293 e. The molecule has 0 radical (unpaired) electrons. The first-order chi connectivity index (χ1) is 8.58. The van der Waals surface area contributed by atoms with Crippen molar-refractivity contribution in [2.24, 2.45) is 0 Å². The summed E-state index contributed by atoms with van der Waals surface area (Å²) in [7, 11) is 0. The largest absolute Gasteiger partial charge is 0.293 e. The summed E-state index contributed by atoms with van der Waals surface area (Å²) >= 11 is 20.3. The Morgan fingerprint density at radius 1 is 1.22 bits per heavy atom. The van der Waals surface area contributed by atoms with Gasteiger partial charge in [0.1, 0.15) is 4.34 Å². The van der Waals surface area contributed by atoms with E-state index in [9.17, 15) is 4.79 Å². The number of thioether (sulfide) groups is 1. The number of hydrogen-bond donors (Lipinski definition) is 0. The maximum atomic E-state index is 12.0. The van der Waals surface area contributed by atoms with Crippen molar-refractivity contribution >= 4 is 63.7 Å². The van der Waals surface area contributed by atoms with Crippen LogP contribution in [0.5, 0.6) is 0 Å². The maximum Gasteiger partial charge on any atom is 0.175 e. The van der Waals surface area contributed by atoms with E-state index in [-0.39, 0.29) is 11.5 Å². The van der Waals surface area contributed by atoms with Crippen molar-refractivity contribution in [3.05, 3.63) is 49.6 Å². The van der Waals surface area contributed by atoms with Gasteiger partial charge in [0.15, 0.2) is 5.78 Å². The average molecular weight is 338 g/mol. The summed E-state index contributed by atoms with van der Waals surface area (Å²) in [6.45, 7) is 0. The predicted octanol–water partition coefficient (Wildman–Crippen LogP) is 5.68. The number of benzene rings is 1. The molecule has 2 aromatic rings. The molecule has 0 amide bonds. The average Bonchev–Trinajstić information content (AvgIpc) is 2.67. The van der Waals surface area contributed by atoms with Gasteiger partial charge in [-0.15, -0.1) is 23.1 Å². The van der Waals surface area contributed by atoms with E-state index in [0.29, 0.717) is 19.3 Å². The maximum absolute atomic E-state index is 12.0. The van der Waals surface area contributed by atoms with E-state index in [1.54, 1.807) is 12.1 Å². The second-order valence-electron chi connectivity index (χ2n) is 3.38. The molecule has 18 heavy (non-hydrogen) atoms. The Hall–Kier alpha value is -0.190. The van der Waals surface area contributed by atoms with Crippen LogP contribution < -0.4 is 0 Å². The van der Waals surface area contributed by atoms with Gasteiger partial charge in [0.05, 0.1) is 15.1 Å². The van der Waals surface area contributed by atoms with Crippen LogP contribution in [0.15, 0.2) is 35.2 Å². The molecule has 6 heteroatoms. The first-order valence-electron chi connectivity index (χ1n) is 4.93. The van der Waals surface area contributed by atoms with Gasteiger partial charge >= 0.3 is 0 Å². The van der Waals surface area contributed by atoms with Gasteiger partial charge in [0.25, 0.3) is 0 Å². The molecule has 94 valence electrons. The molecule has 0 saturated heterocycles. The van der Waals surface area contributed by atoms with E-state index in [4.69, 9.17) is 34.8 Å². The summed E-state index contributed by atoms with van der Waals surface area (Å²) in [4.78, 5) is 12.8. The van der Waals surface area contributed by atoms with Gasteiger partial charge in [-0.2, -0.15) is 0 Å². The molecule has 0 aliphatic carbocycles. The highest BCUT2D eigenvalue weighted by Gasteiger charge is 2.14. The Labute approximate surface area is 128 Å². The van der Waals surface area contributed by atoms with E-state index in [1.165, 1.54) is 23.1 Å². The molecule has 0 N–H and O–H groups in total. The molecular formula is C12H7Cl3OS2. The summed E-state index contributed by atoms with van der Waals surface area (Å²) < 4.78 is 0.954. The molecule has 1 aromatic heterocycles. The number of carbonyl (C=O) groups is 1. The third-order valence-electron chi connectivity index (χ3n) is 2.15. The van der Waals surface area contributed by atoms with Crippen LogP contribution in [-0.4, -0.2) is 11.5 Å². The van der Waals surface area contributed by atoms with E-state index >= 15 is 0 Å². The number of hydrogen-bond acceptors (Lipinski definition) is 3. The molecule has 1 heterocycles. The normalized spacial score (nSPS) is 10.6. The highest BCUT2D eigenvalue weighted by Crippen LogP contribution is 2.33. The summed E-state index contributed by atoms with van der Waals surface area (Å²) in [5.41, 5.74) is 0.478. The van der Waals surface area contributed by atoms with Crippen molar-refractivity contribution in [2.45, 2.75) is 4.90 Å². The van der Waals surface area contributed by atoms with Crippen molar-refractivity contribution in [1.82, 2.24) is 0 Å². The van der Waals surface area contributed by atoms with Crippen LogP contribution in [0.25, 0.3) is 0 Å². The zero-order valence-electron chi connectivity index (χ0n) is 8.95.